The Hall–Kier alpha value is -3.18. The number of aromatic nitrogens is 1. The third kappa shape index (κ3) is 4.75. The van der Waals surface area contributed by atoms with Gasteiger partial charge in [-0.15, -0.1) is 0 Å². The average molecular weight is 375 g/mol. The van der Waals surface area contributed by atoms with Crippen molar-refractivity contribution >= 4 is 11.5 Å². The van der Waals surface area contributed by atoms with Crippen molar-refractivity contribution in [2.24, 2.45) is 4.99 Å². The SMILES string of the molecule is Cc1cccc(Oc2nc(C)ccc2C(=Nc2ccc(C(C)C)cc2)NO)c1. The van der Waals surface area contributed by atoms with Gasteiger partial charge in [-0.3, -0.25) is 10.7 Å². The third-order valence-electron chi connectivity index (χ3n) is 4.37. The van der Waals surface area contributed by atoms with Crippen molar-refractivity contribution in [3.05, 3.63) is 83.0 Å². The van der Waals surface area contributed by atoms with Crippen molar-refractivity contribution in [2.45, 2.75) is 33.6 Å². The lowest BCUT2D eigenvalue weighted by Gasteiger charge is -2.13. The van der Waals surface area contributed by atoms with Gasteiger partial charge in [-0.05, 0) is 67.3 Å². The standard InChI is InChI=1S/C23H25N3O2/c1-15(2)18-9-11-19(12-10-18)25-22(26-27)21-13-8-17(4)24-23(21)28-20-7-5-6-16(3)14-20/h5-15,27H,1-4H3,(H,25,26). The Morgan fingerprint density at radius 1 is 1.04 bits per heavy atom. The number of nitrogens with one attached hydrogen (secondary N) is 1. The Labute approximate surface area is 165 Å². The van der Waals surface area contributed by atoms with E-state index in [0.29, 0.717) is 23.1 Å². The number of benzene rings is 2. The number of hydrogen-bond acceptors (Lipinski definition) is 4. The molecule has 0 spiro atoms. The molecule has 5 heteroatoms. The zero-order chi connectivity index (χ0) is 20.1. The van der Waals surface area contributed by atoms with Gasteiger partial charge in [-0.1, -0.05) is 38.1 Å². The molecular weight excluding hydrogens is 350 g/mol. The molecule has 0 unspecified atom stereocenters. The summed E-state index contributed by atoms with van der Waals surface area (Å²) in [5.74, 6) is 1.78. The second-order valence-electron chi connectivity index (χ2n) is 7.04. The highest BCUT2D eigenvalue weighted by Crippen LogP contribution is 2.26. The van der Waals surface area contributed by atoms with Crippen LogP contribution in [0, 0.1) is 13.8 Å². The van der Waals surface area contributed by atoms with Crippen LogP contribution < -0.4 is 10.2 Å². The predicted octanol–water partition coefficient (Wildman–Crippen LogP) is 5.67. The Morgan fingerprint density at radius 2 is 1.79 bits per heavy atom. The van der Waals surface area contributed by atoms with Crippen LogP contribution in [0.15, 0.2) is 65.7 Å². The summed E-state index contributed by atoms with van der Waals surface area (Å²) in [6.07, 6.45) is 0. The lowest BCUT2D eigenvalue weighted by Crippen LogP contribution is -2.21. The van der Waals surface area contributed by atoms with Gasteiger partial charge in [0, 0.05) is 5.69 Å². The van der Waals surface area contributed by atoms with E-state index in [-0.39, 0.29) is 5.84 Å². The maximum atomic E-state index is 9.72. The van der Waals surface area contributed by atoms with Crippen LogP contribution in [0.1, 0.15) is 42.1 Å². The fourth-order valence-electron chi connectivity index (χ4n) is 2.79. The van der Waals surface area contributed by atoms with Crippen LogP contribution in [0.4, 0.5) is 5.69 Å². The molecule has 0 amide bonds. The molecule has 3 rings (SSSR count). The average Bonchev–Trinajstić information content (AvgIpc) is 2.67. The smallest absolute Gasteiger partial charge is 0.230 e. The molecule has 1 heterocycles. The van der Waals surface area contributed by atoms with E-state index in [1.54, 1.807) is 0 Å². The lowest BCUT2D eigenvalue weighted by atomic mass is 10.0. The lowest BCUT2D eigenvalue weighted by molar-refractivity contribution is 0.234. The summed E-state index contributed by atoms with van der Waals surface area (Å²) in [7, 11) is 0. The molecule has 3 aromatic rings. The number of pyridine rings is 1. The van der Waals surface area contributed by atoms with E-state index in [4.69, 9.17) is 4.74 Å². The first-order valence-electron chi connectivity index (χ1n) is 9.27. The van der Waals surface area contributed by atoms with Crippen LogP contribution in [-0.2, 0) is 0 Å². The normalized spacial score (nSPS) is 11.6. The van der Waals surface area contributed by atoms with E-state index in [2.05, 4.69) is 29.3 Å². The number of hydroxylamine groups is 1. The first-order valence-corrected chi connectivity index (χ1v) is 9.27. The van der Waals surface area contributed by atoms with Gasteiger partial charge < -0.3 is 4.74 Å². The van der Waals surface area contributed by atoms with E-state index in [9.17, 15) is 5.21 Å². The minimum absolute atomic E-state index is 0.271. The second-order valence-corrected chi connectivity index (χ2v) is 7.04. The molecule has 0 saturated heterocycles. The van der Waals surface area contributed by atoms with Gasteiger partial charge in [0.25, 0.3) is 0 Å². The molecule has 144 valence electrons. The predicted molar refractivity (Wildman–Crippen MR) is 112 cm³/mol. The van der Waals surface area contributed by atoms with Gasteiger partial charge in [-0.25, -0.2) is 9.98 Å². The summed E-state index contributed by atoms with van der Waals surface area (Å²) in [4.78, 5) is 9.02. The van der Waals surface area contributed by atoms with Gasteiger partial charge in [0.1, 0.15) is 5.75 Å². The number of rotatable bonds is 5. The highest BCUT2D eigenvalue weighted by molar-refractivity contribution is 6.01. The first-order chi connectivity index (χ1) is 13.5. The van der Waals surface area contributed by atoms with Crippen LogP contribution in [-0.4, -0.2) is 16.0 Å². The molecule has 0 fully saturated rings. The minimum Gasteiger partial charge on any atom is -0.438 e. The third-order valence-corrected chi connectivity index (χ3v) is 4.37. The zero-order valence-electron chi connectivity index (χ0n) is 16.6. The van der Waals surface area contributed by atoms with Crippen LogP contribution in [0.2, 0.25) is 0 Å². The molecule has 28 heavy (non-hydrogen) atoms. The molecule has 0 aliphatic rings. The molecule has 2 N–H and O–H groups in total. The first kappa shape index (κ1) is 19.6. The van der Waals surface area contributed by atoms with E-state index >= 15 is 0 Å². The Bertz CT molecular complexity index is 979. The van der Waals surface area contributed by atoms with E-state index in [0.717, 1.165) is 16.9 Å². The molecule has 0 aliphatic carbocycles. The van der Waals surface area contributed by atoms with Crippen molar-refractivity contribution < 1.29 is 9.94 Å². The minimum atomic E-state index is 0.271. The van der Waals surface area contributed by atoms with Gasteiger partial charge in [0.15, 0.2) is 5.84 Å². The molecule has 1 aromatic heterocycles. The van der Waals surface area contributed by atoms with Crippen LogP contribution in [0.25, 0.3) is 0 Å². The zero-order valence-corrected chi connectivity index (χ0v) is 16.6. The van der Waals surface area contributed by atoms with Crippen molar-refractivity contribution in [3.63, 3.8) is 0 Å². The maximum absolute atomic E-state index is 9.72. The summed E-state index contributed by atoms with van der Waals surface area (Å²) in [5, 5.41) is 9.72. The number of amidine groups is 1. The molecule has 0 atom stereocenters. The molecule has 0 bridgehead atoms. The number of aryl methyl sites for hydroxylation is 2. The molecule has 0 aliphatic heterocycles. The molecule has 2 aromatic carbocycles. The van der Waals surface area contributed by atoms with Crippen molar-refractivity contribution in [1.29, 1.82) is 0 Å². The van der Waals surface area contributed by atoms with Crippen LogP contribution in [0.5, 0.6) is 11.6 Å². The molecule has 0 radical (unpaired) electrons. The van der Waals surface area contributed by atoms with Crippen LogP contribution in [0.3, 0.4) is 0 Å². The van der Waals surface area contributed by atoms with Gasteiger partial charge in [-0.2, -0.15) is 0 Å². The number of hydrogen-bond donors (Lipinski definition) is 2. The van der Waals surface area contributed by atoms with E-state index in [1.165, 1.54) is 5.56 Å². The fourth-order valence-corrected chi connectivity index (χ4v) is 2.79. The summed E-state index contributed by atoms with van der Waals surface area (Å²) in [6.45, 7) is 8.18. The van der Waals surface area contributed by atoms with E-state index in [1.807, 2.05) is 74.5 Å². The monoisotopic (exact) mass is 375 g/mol. The second kappa shape index (κ2) is 8.67. The quantitative estimate of drug-likeness (QED) is 0.342. The van der Waals surface area contributed by atoms with Crippen molar-refractivity contribution in [3.8, 4) is 11.6 Å². The van der Waals surface area contributed by atoms with Crippen LogP contribution >= 0.6 is 0 Å². The number of nitrogens with zero attached hydrogens (tertiary/aromatic N) is 2. The summed E-state index contributed by atoms with van der Waals surface area (Å²) in [6, 6.07) is 19.3. The Morgan fingerprint density at radius 3 is 2.43 bits per heavy atom. The Kier molecular flexibility index (Phi) is 6.06. The highest BCUT2D eigenvalue weighted by Gasteiger charge is 2.14. The topological polar surface area (TPSA) is 66.7 Å². The largest absolute Gasteiger partial charge is 0.438 e. The summed E-state index contributed by atoms with van der Waals surface area (Å²) >= 11 is 0. The van der Waals surface area contributed by atoms with Gasteiger partial charge >= 0.3 is 0 Å². The van der Waals surface area contributed by atoms with Gasteiger partial charge in [0.2, 0.25) is 5.88 Å². The summed E-state index contributed by atoms with van der Waals surface area (Å²) in [5.41, 5.74) is 6.62. The van der Waals surface area contributed by atoms with Crippen molar-refractivity contribution in [1.82, 2.24) is 10.5 Å². The maximum Gasteiger partial charge on any atom is 0.230 e. The molecular formula is C23H25N3O2. The van der Waals surface area contributed by atoms with E-state index < -0.39 is 0 Å². The van der Waals surface area contributed by atoms with Gasteiger partial charge in [0.05, 0.1) is 11.3 Å². The highest BCUT2D eigenvalue weighted by atomic mass is 16.5. The summed E-state index contributed by atoms with van der Waals surface area (Å²) < 4.78 is 6.00. The van der Waals surface area contributed by atoms with Crippen molar-refractivity contribution in [2.75, 3.05) is 0 Å². The number of ether oxygens (including phenoxy) is 1. The molecule has 5 nitrogen and oxygen atoms in total. The number of aliphatic imine (C=N–C) groups is 1. The molecule has 0 saturated carbocycles. The fraction of sp³-hybridized carbons (Fsp3) is 0.217. The Balaban J connectivity index is 1.97.